The molecule has 0 amide bonds. The number of nitrogens with one attached hydrogen (secondary N) is 1. The van der Waals surface area contributed by atoms with E-state index in [1.54, 1.807) is 16.8 Å². The fourth-order valence-electron chi connectivity index (χ4n) is 1.66. The molecule has 0 saturated carbocycles. The second kappa shape index (κ2) is 5.03. The molecule has 6 heteroatoms. The Morgan fingerprint density at radius 3 is 2.65 bits per heavy atom. The molecule has 5 nitrogen and oxygen atoms in total. The molecule has 2 rings (SSSR count). The van der Waals surface area contributed by atoms with Crippen molar-refractivity contribution in [3.05, 3.63) is 47.8 Å². The summed E-state index contributed by atoms with van der Waals surface area (Å²) in [5, 5.41) is 3.99. The third kappa shape index (κ3) is 2.66. The molecule has 0 aliphatic rings. The van der Waals surface area contributed by atoms with Crippen LogP contribution < -0.4 is 11.3 Å². The maximum atomic E-state index is 12.8. The van der Waals surface area contributed by atoms with E-state index in [0.29, 0.717) is 6.42 Å². The third-order valence-electron chi connectivity index (χ3n) is 2.67. The molecule has 0 aliphatic heterocycles. The van der Waals surface area contributed by atoms with Crippen molar-refractivity contribution >= 4 is 0 Å². The summed E-state index contributed by atoms with van der Waals surface area (Å²) in [6.07, 6.45) is 2.09. The van der Waals surface area contributed by atoms with E-state index in [-0.39, 0.29) is 11.9 Å². The highest BCUT2D eigenvalue weighted by atomic mass is 19.1. The maximum Gasteiger partial charge on any atom is 0.138 e. The first-order valence-corrected chi connectivity index (χ1v) is 5.25. The standard InChI is InChI=1S/C11H14FN5/c1-17-11(14-7-15-17)6-10(16-13)8-2-4-9(12)5-3-8/h2-5,7,10,16H,6,13H2,1H3. The van der Waals surface area contributed by atoms with Crippen molar-refractivity contribution in [2.45, 2.75) is 12.5 Å². The molecule has 0 saturated heterocycles. The van der Waals surface area contributed by atoms with Gasteiger partial charge in [0.1, 0.15) is 18.0 Å². The summed E-state index contributed by atoms with van der Waals surface area (Å²) < 4.78 is 14.5. The molecule has 17 heavy (non-hydrogen) atoms. The Kier molecular flexibility index (Phi) is 3.46. The number of halogens is 1. The van der Waals surface area contributed by atoms with Gasteiger partial charge in [-0.1, -0.05) is 12.1 Å². The van der Waals surface area contributed by atoms with E-state index in [1.165, 1.54) is 18.5 Å². The van der Waals surface area contributed by atoms with Crippen LogP contribution in [0.5, 0.6) is 0 Å². The summed E-state index contributed by atoms with van der Waals surface area (Å²) in [5.74, 6) is 6.06. The summed E-state index contributed by atoms with van der Waals surface area (Å²) in [7, 11) is 1.82. The molecule has 0 spiro atoms. The SMILES string of the molecule is Cn1ncnc1CC(NN)c1ccc(F)cc1. The minimum Gasteiger partial charge on any atom is -0.271 e. The number of aryl methyl sites for hydroxylation is 1. The van der Waals surface area contributed by atoms with E-state index in [4.69, 9.17) is 5.84 Å². The normalized spacial score (nSPS) is 12.6. The van der Waals surface area contributed by atoms with Crippen molar-refractivity contribution in [3.8, 4) is 0 Å². The molecule has 0 bridgehead atoms. The molecule has 1 aromatic carbocycles. The van der Waals surface area contributed by atoms with Crippen LogP contribution in [0.4, 0.5) is 4.39 Å². The first-order valence-electron chi connectivity index (χ1n) is 5.25. The van der Waals surface area contributed by atoms with Crippen LogP contribution in [0.25, 0.3) is 0 Å². The van der Waals surface area contributed by atoms with Gasteiger partial charge >= 0.3 is 0 Å². The minimum atomic E-state index is -0.261. The second-order valence-corrected chi connectivity index (χ2v) is 3.77. The van der Waals surface area contributed by atoms with Gasteiger partial charge in [0, 0.05) is 13.5 Å². The van der Waals surface area contributed by atoms with Crippen molar-refractivity contribution in [1.82, 2.24) is 20.2 Å². The number of nitrogens with two attached hydrogens (primary N) is 1. The predicted molar refractivity (Wildman–Crippen MR) is 61.2 cm³/mol. The smallest absolute Gasteiger partial charge is 0.138 e. The first-order chi connectivity index (χ1) is 8.20. The molecule has 1 heterocycles. The summed E-state index contributed by atoms with van der Waals surface area (Å²) >= 11 is 0. The second-order valence-electron chi connectivity index (χ2n) is 3.77. The van der Waals surface area contributed by atoms with E-state index in [0.717, 1.165) is 11.4 Å². The Labute approximate surface area is 98.4 Å². The lowest BCUT2D eigenvalue weighted by molar-refractivity contribution is 0.521. The van der Waals surface area contributed by atoms with Gasteiger partial charge in [-0.2, -0.15) is 5.10 Å². The number of aromatic nitrogens is 3. The van der Waals surface area contributed by atoms with Crippen LogP contribution in [0.3, 0.4) is 0 Å². The Morgan fingerprint density at radius 1 is 1.41 bits per heavy atom. The maximum absolute atomic E-state index is 12.8. The van der Waals surface area contributed by atoms with E-state index in [9.17, 15) is 4.39 Å². The van der Waals surface area contributed by atoms with Gasteiger partial charge in [0.25, 0.3) is 0 Å². The largest absolute Gasteiger partial charge is 0.271 e. The summed E-state index contributed by atoms with van der Waals surface area (Å²) in [6.45, 7) is 0. The monoisotopic (exact) mass is 235 g/mol. The summed E-state index contributed by atoms with van der Waals surface area (Å²) in [6, 6.07) is 6.12. The quantitative estimate of drug-likeness (QED) is 0.604. The predicted octanol–water partition coefficient (Wildman–Crippen LogP) is 0.701. The molecule has 1 unspecified atom stereocenters. The number of benzene rings is 1. The number of hydrogen-bond acceptors (Lipinski definition) is 4. The molecule has 0 radical (unpaired) electrons. The number of rotatable bonds is 4. The molecule has 90 valence electrons. The van der Waals surface area contributed by atoms with E-state index in [1.807, 2.05) is 7.05 Å². The Morgan fingerprint density at radius 2 is 2.12 bits per heavy atom. The van der Waals surface area contributed by atoms with Crippen LogP contribution in [0.2, 0.25) is 0 Å². The van der Waals surface area contributed by atoms with Gasteiger partial charge in [0.15, 0.2) is 0 Å². The van der Waals surface area contributed by atoms with E-state index < -0.39 is 0 Å². The van der Waals surface area contributed by atoms with Gasteiger partial charge in [0.2, 0.25) is 0 Å². The minimum absolute atomic E-state index is 0.113. The molecule has 1 atom stereocenters. The van der Waals surface area contributed by atoms with Crippen molar-refractivity contribution in [2.24, 2.45) is 12.9 Å². The van der Waals surface area contributed by atoms with Crippen LogP contribution >= 0.6 is 0 Å². The molecular formula is C11H14FN5. The number of nitrogens with zero attached hydrogens (tertiary/aromatic N) is 3. The Balaban J connectivity index is 2.17. The van der Waals surface area contributed by atoms with E-state index >= 15 is 0 Å². The van der Waals surface area contributed by atoms with Crippen LogP contribution in [-0.4, -0.2) is 14.8 Å². The van der Waals surface area contributed by atoms with Gasteiger partial charge in [-0.15, -0.1) is 0 Å². The lowest BCUT2D eigenvalue weighted by atomic mass is 10.0. The average Bonchev–Trinajstić information content (AvgIpc) is 2.73. The number of hydrazine groups is 1. The fraction of sp³-hybridized carbons (Fsp3) is 0.273. The average molecular weight is 235 g/mol. The molecule has 3 N–H and O–H groups in total. The van der Waals surface area contributed by atoms with E-state index in [2.05, 4.69) is 15.5 Å². The summed E-state index contributed by atoms with van der Waals surface area (Å²) in [4.78, 5) is 4.13. The van der Waals surface area contributed by atoms with Crippen LogP contribution in [-0.2, 0) is 13.5 Å². The zero-order chi connectivity index (χ0) is 12.3. The third-order valence-corrected chi connectivity index (χ3v) is 2.67. The lowest BCUT2D eigenvalue weighted by Crippen LogP contribution is -2.30. The van der Waals surface area contributed by atoms with Gasteiger partial charge in [0.05, 0.1) is 6.04 Å². The lowest BCUT2D eigenvalue weighted by Gasteiger charge is -2.15. The Hall–Kier alpha value is -1.79. The van der Waals surface area contributed by atoms with Crippen molar-refractivity contribution < 1.29 is 4.39 Å². The van der Waals surface area contributed by atoms with Crippen molar-refractivity contribution in [3.63, 3.8) is 0 Å². The number of hydrogen-bond donors (Lipinski definition) is 2. The van der Waals surface area contributed by atoms with Gasteiger partial charge in [-0.3, -0.25) is 16.0 Å². The zero-order valence-electron chi connectivity index (χ0n) is 9.47. The zero-order valence-corrected chi connectivity index (χ0v) is 9.47. The summed E-state index contributed by atoms with van der Waals surface area (Å²) in [5.41, 5.74) is 3.61. The van der Waals surface area contributed by atoms with Gasteiger partial charge in [-0.05, 0) is 17.7 Å². The van der Waals surface area contributed by atoms with Crippen LogP contribution in [0.15, 0.2) is 30.6 Å². The fourth-order valence-corrected chi connectivity index (χ4v) is 1.66. The Bertz CT molecular complexity index is 479. The van der Waals surface area contributed by atoms with Crippen molar-refractivity contribution in [1.29, 1.82) is 0 Å². The highest BCUT2D eigenvalue weighted by molar-refractivity contribution is 5.20. The van der Waals surface area contributed by atoms with Crippen LogP contribution in [0, 0.1) is 5.82 Å². The first kappa shape index (κ1) is 11.7. The molecular weight excluding hydrogens is 221 g/mol. The van der Waals surface area contributed by atoms with Crippen molar-refractivity contribution in [2.75, 3.05) is 0 Å². The molecule has 1 aromatic heterocycles. The highest BCUT2D eigenvalue weighted by Crippen LogP contribution is 2.16. The molecule has 0 fully saturated rings. The highest BCUT2D eigenvalue weighted by Gasteiger charge is 2.13. The molecule has 2 aromatic rings. The van der Waals surface area contributed by atoms with Gasteiger partial charge < -0.3 is 0 Å². The topological polar surface area (TPSA) is 68.8 Å². The van der Waals surface area contributed by atoms with Gasteiger partial charge in [-0.25, -0.2) is 9.37 Å². The molecule has 0 aliphatic carbocycles. The van der Waals surface area contributed by atoms with Crippen LogP contribution in [0.1, 0.15) is 17.4 Å².